The van der Waals surface area contributed by atoms with Gasteiger partial charge in [0.15, 0.2) is 18.7 Å². The van der Waals surface area contributed by atoms with Crippen LogP contribution in [-0.2, 0) is 38.0 Å². The van der Waals surface area contributed by atoms with E-state index in [1.54, 1.807) is 18.2 Å². The Balaban J connectivity index is 1.19. The van der Waals surface area contributed by atoms with Crippen LogP contribution >= 0.6 is 0 Å². The molecular formula is C30H38O16. The van der Waals surface area contributed by atoms with Gasteiger partial charge in [0.1, 0.15) is 54.1 Å². The maximum absolute atomic E-state index is 12.8. The van der Waals surface area contributed by atoms with Crippen molar-refractivity contribution >= 4 is 12.0 Å². The molecule has 0 amide bonds. The first-order chi connectivity index (χ1) is 22.0. The molecule has 4 fully saturated rings. The topological polar surface area (TPSA) is 247 Å². The average molecular weight is 655 g/mol. The third-order valence-electron chi connectivity index (χ3n) is 9.23. The number of hydrogen-bond acceptors (Lipinski definition) is 16. The molecule has 0 unspecified atom stereocenters. The number of fused-ring (bicyclic) bond motifs is 3. The Morgan fingerprint density at radius 2 is 1.63 bits per heavy atom. The Hall–Kier alpha value is -2.71. The molecule has 4 aliphatic heterocycles. The third kappa shape index (κ3) is 5.93. The summed E-state index contributed by atoms with van der Waals surface area (Å²) in [5.41, 5.74) is -0.650. The molecule has 0 spiro atoms. The number of esters is 1. The van der Waals surface area contributed by atoms with Crippen molar-refractivity contribution in [2.24, 2.45) is 11.8 Å². The molecule has 1 aliphatic carbocycles. The van der Waals surface area contributed by atoms with Gasteiger partial charge in [0, 0.05) is 12.0 Å². The first-order valence-electron chi connectivity index (χ1n) is 14.9. The van der Waals surface area contributed by atoms with Gasteiger partial charge in [-0.05, 0) is 36.8 Å². The van der Waals surface area contributed by atoms with E-state index in [2.05, 4.69) is 0 Å². The van der Waals surface area contributed by atoms with Crippen LogP contribution in [0.3, 0.4) is 0 Å². The molecular weight excluding hydrogens is 616 g/mol. The zero-order valence-electron chi connectivity index (χ0n) is 24.5. The Bertz CT molecular complexity index is 1290. The summed E-state index contributed by atoms with van der Waals surface area (Å²) < 4.78 is 40.6. The van der Waals surface area contributed by atoms with E-state index in [1.165, 1.54) is 31.4 Å². The molecule has 16 atom stereocenters. The van der Waals surface area contributed by atoms with Crippen molar-refractivity contribution in [3.8, 4) is 5.75 Å². The molecule has 254 valence electrons. The number of ether oxygens (including phenoxy) is 7. The van der Waals surface area contributed by atoms with Gasteiger partial charge in [0.05, 0.1) is 37.6 Å². The molecule has 1 saturated carbocycles. The van der Waals surface area contributed by atoms with Crippen LogP contribution in [0.1, 0.15) is 12.5 Å². The molecule has 3 saturated heterocycles. The summed E-state index contributed by atoms with van der Waals surface area (Å²) in [7, 11) is 0. The molecule has 5 aliphatic rings. The molecule has 0 bridgehead atoms. The maximum Gasteiger partial charge on any atom is 0.331 e. The summed E-state index contributed by atoms with van der Waals surface area (Å²) in [6.45, 7) is 0.353. The van der Waals surface area contributed by atoms with Gasteiger partial charge in [-0.15, -0.1) is 0 Å². The van der Waals surface area contributed by atoms with Crippen molar-refractivity contribution in [3.05, 3.63) is 48.2 Å². The number of aliphatic hydroxyl groups is 7. The minimum absolute atomic E-state index is 0.0513. The lowest BCUT2D eigenvalue weighted by Gasteiger charge is -2.44. The lowest BCUT2D eigenvalue weighted by Crippen LogP contribution is -2.61. The Kier molecular flexibility index (Phi) is 9.43. The number of aromatic hydroxyl groups is 1. The van der Waals surface area contributed by atoms with E-state index in [1.807, 2.05) is 0 Å². The molecule has 4 heterocycles. The number of phenols is 1. The summed E-state index contributed by atoms with van der Waals surface area (Å²) in [4.78, 5) is 12.8. The molecule has 1 aromatic carbocycles. The number of hydrogen-bond donors (Lipinski definition) is 8. The van der Waals surface area contributed by atoms with Crippen molar-refractivity contribution in [2.45, 2.75) is 92.4 Å². The predicted octanol–water partition coefficient (Wildman–Crippen LogP) is -2.77. The van der Waals surface area contributed by atoms with Gasteiger partial charge in [-0.1, -0.05) is 12.1 Å². The molecule has 8 N–H and O–H groups in total. The number of benzene rings is 1. The molecule has 0 aromatic heterocycles. The standard InChI is InChI=1S/C30H38O16/c1-12-19(35)22(38)25(43-17(34)7-4-13-2-5-14(33)6-3-13)29(41-12)44-24-15-8-9-40-27(18(15)30(11-32)26(24)46-30)45-28-23(39)21(37)20(36)16(10-31)42-28/h2-9,12,15-16,18-29,31-33,35-39H,10-11H2,1H3/b7-4+/t12-,15+,16+,18+,19-,20+,21-,22+,23+,24-,25+,26-,27-,28-,29-,30+/m0/s1. The zero-order valence-corrected chi connectivity index (χ0v) is 24.5. The summed E-state index contributed by atoms with van der Waals surface area (Å²) in [6.07, 6.45) is -11.9. The zero-order chi connectivity index (χ0) is 32.9. The van der Waals surface area contributed by atoms with Gasteiger partial charge in [0.2, 0.25) is 6.29 Å². The molecule has 16 nitrogen and oxygen atoms in total. The van der Waals surface area contributed by atoms with Gasteiger partial charge in [-0.3, -0.25) is 0 Å². The summed E-state index contributed by atoms with van der Waals surface area (Å²) in [5.74, 6) is -2.17. The largest absolute Gasteiger partial charge is 0.508 e. The van der Waals surface area contributed by atoms with Gasteiger partial charge < -0.3 is 74.0 Å². The molecule has 0 radical (unpaired) electrons. The summed E-state index contributed by atoms with van der Waals surface area (Å²) >= 11 is 0. The molecule has 1 aromatic rings. The summed E-state index contributed by atoms with van der Waals surface area (Å²) in [6, 6.07) is 6.03. The van der Waals surface area contributed by atoms with Gasteiger partial charge in [-0.25, -0.2) is 4.79 Å². The first kappa shape index (κ1) is 33.2. The van der Waals surface area contributed by atoms with Crippen LogP contribution in [0.2, 0.25) is 0 Å². The van der Waals surface area contributed by atoms with Crippen LogP contribution in [0.15, 0.2) is 42.7 Å². The molecule has 6 rings (SSSR count). The van der Waals surface area contributed by atoms with Crippen molar-refractivity contribution < 1.29 is 78.8 Å². The van der Waals surface area contributed by atoms with E-state index in [4.69, 9.17) is 33.2 Å². The quantitative estimate of drug-likeness (QED) is 0.0763. The Morgan fingerprint density at radius 1 is 0.891 bits per heavy atom. The van der Waals surface area contributed by atoms with Crippen LogP contribution < -0.4 is 0 Å². The molecule has 46 heavy (non-hydrogen) atoms. The van der Waals surface area contributed by atoms with E-state index in [9.17, 15) is 45.6 Å². The van der Waals surface area contributed by atoms with E-state index >= 15 is 0 Å². The minimum atomic E-state index is -1.70. The fourth-order valence-corrected chi connectivity index (χ4v) is 6.63. The lowest BCUT2D eigenvalue weighted by atomic mass is 9.85. The SMILES string of the molecule is C[C@@H]1O[C@@H](O[C@H]2[C@@H]3C=CO[C@@H](O[C@@H]4O[C@H](CO)[C@@H](O)[C@H](O)[C@H]4O)[C@@H]3[C@@]3(CO)O[C@@H]23)[C@H](OC(=O)/C=C/c2ccc(O)cc2)[C@H](O)[C@H]1O. The Labute approximate surface area is 262 Å². The smallest absolute Gasteiger partial charge is 0.331 e. The monoisotopic (exact) mass is 654 g/mol. The first-order valence-corrected chi connectivity index (χ1v) is 14.9. The number of phenolic OH excluding ortho intramolecular Hbond substituents is 1. The number of rotatable bonds is 9. The van der Waals surface area contributed by atoms with Gasteiger partial charge in [-0.2, -0.15) is 0 Å². The van der Waals surface area contributed by atoms with Crippen molar-refractivity contribution in [1.82, 2.24) is 0 Å². The number of carbonyl (C=O) groups is 1. The number of carbonyl (C=O) groups excluding carboxylic acids is 1. The second kappa shape index (κ2) is 13.1. The molecule has 16 heteroatoms. The second-order valence-corrected chi connectivity index (χ2v) is 12.0. The van der Waals surface area contributed by atoms with Crippen LogP contribution in [0.5, 0.6) is 5.75 Å². The van der Waals surface area contributed by atoms with Crippen LogP contribution in [0, 0.1) is 11.8 Å². The van der Waals surface area contributed by atoms with Gasteiger partial charge in [0.25, 0.3) is 0 Å². The van der Waals surface area contributed by atoms with Crippen LogP contribution in [-0.4, -0.2) is 146 Å². The second-order valence-electron chi connectivity index (χ2n) is 12.0. The maximum atomic E-state index is 12.8. The predicted molar refractivity (Wildman–Crippen MR) is 149 cm³/mol. The van der Waals surface area contributed by atoms with E-state index in [-0.39, 0.29) is 5.75 Å². The van der Waals surface area contributed by atoms with Crippen molar-refractivity contribution in [3.63, 3.8) is 0 Å². The number of aliphatic hydroxyl groups excluding tert-OH is 7. The third-order valence-corrected chi connectivity index (χ3v) is 9.23. The summed E-state index contributed by atoms with van der Waals surface area (Å²) in [5, 5.41) is 81.7. The Morgan fingerprint density at radius 3 is 2.33 bits per heavy atom. The fourth-order valence-electron chi connectivity index (χ4n) is 6.63. The van der Waals surface area contributed by atoms with Crippen LogP contribution in [0.25, 0.3) is 6.08 Å². The minimum Gasteiger partial charge on any atom is -0.508 e. The highest BCUT2D eigenvalue weighted by atomic mass is 16.8. The van der Waals surface area contributed by atoms with Crippen molar-refractivity contribution in [2.75, 3.05) is 13.2 Å². The highest BCUT2D eigenvalue weighted by molar-refractivity contribution is 5.87. The van der Waals surface area contributed by atoms with E-state index in [0.717, 1.165) is 6.08 Å². The lowest BCUT2D eigenvalue weighted by molar-refractivity contribution is -0.347. The fraction of sp³-hybridized carbons (Fsp3) is 0.633. The van der Waals surface area contributed by atoms with Gasteiger partial charge >= 0.3 is 5.97 Å². The average Bonchev–Trinajstić information content (AvgIpc) is 3.72. The van der Waals surface area contributed by atoms with E-state index < -0.39 is 117 Å². The normalized spacial score (nSPS) is 46.4. The highest BCUT2D eigenvalue weighted by Gasteiger charge is 2.77. The van der Waals surface area contributed by atoms with Crippen LogP contribution in [0.4, 0.5) is 0 Å². The highest BCUT2D eigenvalue weighted by Crippen LogP contribution is 2.61. The number of epoxide rings is 1. The van der Waals surface area contributed by atoms with Crippen molar-refractivity contribution in [1.29, 1.82) is 0 Å². The van der Waals surface area contributed by atoms with E-state index in [0.29, 0.717) is 5.56 Å².